The van der Waals surface area contributed by atoms with Crippen LogP contribution >= 0.6 is 0 Å². The minimum Gasteiger partial charge on any atom is -0.310 e. The number of anilines is 1. The Hall–Kier alpha value is -1.36. The molecule has 5 heteroatoms. The third-order valence-corrected chi connectivity index (χ3v) is 1.58. The van der Waals surface area contributed by atoms with Crippen molar-refractivity contribution in [2.75, 3.05) is 12.4 Å². The third-order valence-electron chi connectivity index (χ3n) is 1.58. The Labute approximate surface area is 70.5 Å². The van der Waals surface area contributed by atoms with Crippen molar-refractivity contribution in [2.45, 2.75) is 13.0 Å². The van der Waals surface area contributed by atoms with Gasteiger partial charge in [0.2, 0.25) is 5.91 Å². The number of hydrogen-bond acceptors (Lipinski definition) is 3. The molecule has 0 radical (unpaired) electrons. The largest absolute Gasteiger partial charge is 0.310 e. The molecule has 1 amide bonds. The standard InChI is InChI=1S/C7H12N4O/c1-5(8-2)7(12)10-6-3-4-9-11-6/h3-5,8H,1-2H3,(H2,9,10,11,12). The number of amides is 1. The predicted molar refractivity (Wildman–Crippen MR) is 45.7 cm³/mol. The van der Waals surface area contributed by atoms with Gasteiger partial charge in [0.25, 0.3) is 0 Å². The van der Waals surface area contributed by atoms with Crippen LogP contribution in [-0.4, -0.2) is 29.2 Å². The van der Waals surface area contributed by atoms with Gasteiger partial charge in [0.1, 0.15) is 5.82 Å². The summed E-state index contributed by atoms with van der Waals surface area (Å²) in [6.07, 6.45) is 1.58. The van der Waals surface area contributed by atoms with Crippen molar-refractivity contribution in [1.82, 2.24) is 15.5 Å². The number of H-pyrrole nitrogens is 1. The summed E-state index contributed by atoms with van der Waals surface area (Å²) in [7, 11) is 1.73. The highest BCUT2D eigenvalue weighted by molar-refractivity contribution is 5.93. The maximum Gasteiger partial charge on any atom is 0.242 e. The fraction of sp³-hybridized carbons (Fsp3) is 0.429. The lowest BCUT2D eigenvalue weighted by Gasteiger charge is -2.08. The molecule has 0 aliphatic carbocycles. The molecule has 0 spiro atoms. The van der Waals surface area contributed by atoms with E-state index in [0.29, 0.717) is 5.82 Å². The molecular formula is C7H12N4O. The highest BCUT2D eigenvalue weighted by atomic mass is 16.2. The summed E-state index contributed by atoms with van der Waals surface area (Å²) in [4.78, 5) is 11.2. The van der Waals surface area contributed by atoms with Crippen LogP contribution in [-0.2, 0) is 4.79 Å². The van der Waals surface area contributed by atoms with Crippen LogP contribution in [0.15, 0.2) is 12.3 Å². The number of nitrogens with zero attached hydrogens (tertiary/aromatic N) is 1. The van der Waals surface area contributed by atoms with Gasteiger partial charge < -0.3 is 10.6 Å². The van der Waals surface area contributed by atoms with Crippen molar-refractivity contribution >= 4 is 11.7 Å². The molecular weight excluding hydrogens is 156 g/mol. The van der Waals surface area contributed by atoms with Gasteiger partial charge >= 0.3 is 0 Å². The van der Waals surface area contributed by atoms with Crippen molar-refractivity contribution in [3.05, 3.63) is 12.3 Å². The number of carbonyl (C=O) groups excluding carboxylic acids is 1. The quantitative estimate of drug-likeness (QED) is 0.593. The van der Waals surface area contributed by atoms with Crippen LogP contribution in [0.2, 0.25) is 0 Å². The molecule has 0 aromatic carbocycles. The summed E-state index contributed by atoms with van der Waals surface area (Å²) >= 11 is 0. The molecule has 0 aliphatic heterocycles. The van der Waals surface area contributed by atoms with Crippen LogP contribution in [0.1, 0.15) is 6.92 Å². The van der Waals surface area contributed by atoms with E-state index in [1.54, 1.807) is 26.2 Å². The van der Waals surface area contributed by atoms with Gasteiger partial charge in [-0.3, -0.25) is 9.89 Å². The zero-order chi connectivity index (χ0) is 8.97. The summed E-state index contributed by atoms with van der Waals surface area (Å²) in [5, 5.41) is 11.8. The van der Waals surface area contributed by atoms with E-state index in [1.165, 1.54) is 0 Å². The smallest absolute Gasteiger partial charge is 0.242 e. The van der Waals surface area contributed by atoms with Gasteiger partial charge in [-0.05, 0) is 14.0 Å². The van der Waals surface area contributed by atoms with Crippen molar-refractivity contribution in [1.29, 1.82) is 0 Å². The molecule has 1 atom stereocenters. The first-order chi connectivity index (χ1) is 5.74. The normalized spacial score (nSPS) is 12.5. The predicted octanol–water partition coefficient (Wildman–Crippen LogP) is -0.0439. The summed E-state index contributed by atoms with van der Waals surface area (Å²) in [5.74, 6) is 0.531. The fourth-order valence-corrected chi connectivity index (χ4v) is 0.698. The van der Waals surface area contributed by atoms with E-state index < -0.39 is 0 Å². The molecule has 5 nitrogen and oxygen atoms in total. The minimum absolute atomic E-state index is 0.0817. The molecule has 12 heavy (non-hydrogen) atoms. The van der Waals surface area contributed by atoms with Crippen molar-refractivity contribution in [2.24, 2.45) is 0 Å². The van der Waals surface area contributed by atoms with E-state index in [-0.39, 0.29) is 11.9 Å². The number of carbonyl (C=O) groups is 1. The van der Waals surface area contributed by atoms with E-state index in [4.69, 9.17) is 0 Å². The molecule has 1 unspecified atom stereocenters. The van der Waals surface area contributed by atoms with Gasteiger partial charge in [0, 0.05) is 6.07 Å². The van der Waals surface area contributed by atoms with Crippen molar-refractivity contribution < 1.29 is 4.79 Å². The van der Waals surface area contributed by atoms with Crippen LogP contribution in [0.4, 0.5) is 5.82 Å². The Bertz CT molecular complexity index is 244. The van der Waals surface area contributed by atoms with Gasteiger partial charge in [-0.2, -0.15) is 5.10 Å². The SMILES string of the molecule is CNC(C)C(=O)Nc1ccn[nH]1. The van der Waals surface area contributed by atoms with Gasteiger partial charge in [-0.25, -0.2) is 0 Å². The molecule has 66 valence electrons. The Kier molecular flexibility index (Phi) is 2.82. The minimum atomic E-state index is -0.201. The van der Waals surface area contributed by atoms with Crippen LogP contribution in [0, 0.1) is 0 Å². The van der Waals surface area contributed by atoms with Crippen LogP contribution in [0.25, 0.3) is 0 Å². The second kappa shape index (κ2) is 3.87. The Morgan fingerprint density at radius 2 is 2.50 bits per heavy atom. The number of aromatic amines is 1. The third kappa shape index (κ3) is 2.06. The zero-order valence-electron chi connectivity index (χ0n) is 7.09. The van der Waals surface area contributed by atoms with Gasteiger partial charge in [0.15, 0.2) is 0 Å². The Morgan fingerprint density at radius 3 is 3.00 bits per heavy atom. The first-order valence-corrected chi connectivity index (χ1v) is 3.71. The first kappa shape index (κ1) is 8.73. The number of hydrogen-bond donors (Lipinski definition) is 3. The summed E-state index contributed by atoms with van der Waals surface area (Å²) in [6, 6.07) is 1.49. The number of aromatic nitrogens is 2. The molecule has 0 saturated carbocycles. The maximum atomic E-state index is 11.2. The van der Waals surface area contributed by atoms with E-state index >= 15 is 0 Å². The second-order valence-electron chi connectivity index (χ2n) is 2.47. The van der Waals surface area contributed by atoms with Crippen LogP contribution in [0.5, 0.6) is 0 Å². The molecule has 1 rings (SSSR count). The second-order valence-corrected chi connectivity index (χ2v) is 2.47. The summed E-state index contributed by atoms with van der Waals surface area (Å²) < 4.78 is 0. The maximum absolute atomic E-state index is 11.2. The molecule has 3 N–H and O–H groups in total. The molecule has 0 bridgehead atoms. The lowest BCUT2D eigenvalue weighted by atomic mass is 10.3. The lowest BCUT2D eigenvalue weighted by Crippen LogP contribution is -2.35. The summed E-state index contributed by atoms with van der Waals surface area (Å²) in [6.45, 7) is 1.78. The average Bonchev–Trinajstić information content (AvgIpc) is 2.55. The van der Waals surface area contributed by atoms with E-state index in [0.717, 1.165) is 0 Å². The molecule has 0 aliphatic rings. The number of likely N-dealkylation sites (N-methyl/N-ethyl adjacent to an activating group) is 1. The first-order valence-electron chi connectivity index (χ1n) is 3.71. The van der Waals surface area contributed by atoms with Crippen LogP contribution in [0.3, 0.4) is 0 Å². The summed E-state index contributed by atoms with van der Waals surface area (Å²) in [5.41, 5.74) is 0. The van der Waals surface area contributed by atoms with Gasteiger partial charge in [-0.1, -0.05) is 0 Å². The van der Waals surface area contributed by atoms with Gasteiger partial charge in [-0.15, -0.1) is 0 Å². The lowest BCUT2D eigenvalue weighted by molar-refractivity contribution is -0.117. The fourth-order valence-electron chi connectivity index (χ4n) is 0.698. The molecule has 1 aromatic rings. The number of rotatable bonds is 3. The number of nitrogens with one attached hydrogen (secondary N) is 3. The van der Waals surface area contributed by atoms with Crippen molar-refractivity contribution in [3.63, 3.8) is 0 Å². The molecule has 1 aromatic heterocycles. The molecule has 1 heterocycles. The Balaban J connectivity index is 2.47. The highest BCUT2D eigenvalue weighted by Crippen LogP contribution is 1.98. The molecule has 0 saturated heterocycles. The van der Waals surface area contributed by atoms with Crippen molar-refractivity contribution in [3.8, 4) is 0 Å². The Morgan fingerprint density at radius 1 is 1.75 bits per heavy atom. The topological polar surface area (TPSA) is 69.8 Å². The highest BCUT2D eigenvalue weighted by Gasteiger charge is 2.09. The molecule has 0 fully saturated rings. The van der Waals surface area contributed by atoms with E-state index in [9.17, 15) is 4.79 Å². The van der Waals surface area contributed by atoms with Crippen LogP contribution < -0.4 is 10.6 Å². The van der Waals surface area contributed by atoms with E-state index in [1.807, 2.05) is 0 Å². The monoisotopic (exact) mass is 168 g/mol. The van der Waals surface area contributed by atoms with Gasteiger partial charge in [0.05, 0.1) is 12.2 Å². The average molecular weight is 168 g/mol. The van der Waals surface area contributed by atoms with E-state index in [2.05, 4.69) is 20.8 Å². The zero-order valence-corrected chi connectivity index (χ0v) is 7.09.